The van der Waals surface area contributed by atoms with Gasteiger partial charge in [0.1, 0.15) is 21.4 Å². The SMILES string of the molecule is [2H]C([2H])([2H])OC[C@H]1C[C@H](n2nc(I)c3c(N)ncnc32)CN1C(=O)OC(C)(C)C. The number of amides is 1. The molecule has 2 atom stereocenters. The molecule has 0 aromatic carbocycles. The normalized spacial score (nSPS) is 22.9. The molecule has 142 valence electrons. The number of ether oxygens (including phenoxy) is 2. The van der Waals surface area contributed by atoms with Gasteiger partial charge in [0, 0.05) is 13.6 Å². The molecule has 9 nitrogen and oxygen atoms in total. The highest BCUT2D eigenvalue weighted by Crippen LogP contribution is 2.33. The van der Waals surface area contributed by atoms with E-state index in [2.05, 4.69) is 37.7 Å². The van der Waals surface area contributed by atoms with Gasteiger partial charge in [-0.1, -0.05) is 0 Å². The number of aromatic nitrogens is 4. The average Bonchev–Trinajstić information content (AvgIpc) is 3.13. The molecular weight excluding hydrogens is 451 g/mol. The van der Waals surface area contributed by atoms with E-state index in [4.69, 9.17) is 19.3 Å². The zero-order valence-corrected chi connectivity index (χ0v) is 16.9. The number of hydrogen-bond donors (Lipinski definition) is 1. The van der Waals surface area contributed by atoms with Gasteiger partial charge in [0.05, 0.1) is 28.2 Å². The second-order valence-corrected chi connectivity index (χ2v) is 8.20. The topological polar surface area (TPSA) is 108 Å². The molecule has 0 aliphatic carbocycles. The summed E-state index contributed by atoms with van der Waals surface area (Å²) in [5, 5.41) is 5.19. The number of hydrogen-bond acceptors (Lipinski definition) is 7. The fourth-order valence-electron chi connectivity index (χ4n) is 3.08. The van der Waals surface area contributed by atoms with Crippen LogP contribution in [0.25, 0.3) is 11.0 Å². The van der Waals surface area contributed by atoms with Gasteiger partial charge in [-0.05, 0) is 49.8 Å². The van der Waals surface area contributed by atoms with Gasteiger partial charge in [-0.25, -0.2) is 19.4 Å². The van der Waals surface area contributed by atoms with Crippen LogP contribution < -0.4 is 5.73 Å². The molecule has 3 rings (SSSR count). The molecule has 0 unspecified atom stereocenters. The lowest BCUT2D eigenvalue weighted by atomic mass is 10.2. The quantitative estimate of drug-likeness (QED) is 0.676. The van der Waals surface area contributed by atoms with Crippen molar-refractivity contribution < 1.29 is 18.4 Å². The third-order valence-electron chi connectivity index (χ3n) is 4.12. The number of nitrogens with two attached hydrogens (primary N) is 1. The molecule has 2 aromatic heterocycles. The van der Waals surface area contributed by atoms with E-state index < -0.39 is 24.8 Å². The number of methoxy groups -OCH3 is 1. The number of rotatable bonds is 3. The smallest absolute Gasteiger partial charge is 0.410 e. The molecule has 0 bridgehead atoms. The largest absolute Gasteiger partial charge is 0.444 e. The van der Waals surface area contributed by atoms with E-state index in [1.54, 1.807) is 25.5 Å². The first-order valence-corrected chi connectivity index (χ1v) is 9.21. The molecule has 1 fully saturated rings. The number of fused-ring (bicyclic) bond motifs is 1. The van der Waals surface area contributed by atoms with Crippen molar-refractivity contribution in [1.29, 1.82) is 0 Å². The minimum Gasteiger partial charge on any atom is -0.444 e. The highest BCUT2D eigenvalue weighted by atomic mass is 127. The van der Waals surface area contributed by atoms with Crippen LogP contribution in [0.3, 0.4) is 0 Å². The van der Waals surface area contributed by atoms with E-state index in [1.165, 1.54) is 11.2 Å². The van der Waals surface area contributed by atoms with Crippen LogP contribution in [0.4, 0.5) is 10.6 Å². The van der Waals surface area contributed by atoms with Crippen molar-refractivity contribution in [2.75, 3.05) is 25.9 Å². The molecule has 1 aliphatic rings. The maximum absolute atomic E-state index is 12.7. The Kier molecular flexibility index (Phi) is 4.22. The second-order valence-electron chi connectivity index (χ2n) is 7.18. The Morgan fingerprint density at radius 1 is 1.50 bits per heavy atom. The van der Waals surface area contributed by atoms with Gasteiger partial charge >= 0.3 is 6.09 Å². The lowest BCUT2D eigenvalue weighted by molar-refractivity contribution is 0.0145. The van der Waals surface area contributed by atoms with Gasteiger partial charge in [0.2, 0.25) is 0 Å². The summed E-state index contributed by atoms with van der Waals surface area (Å²) in [6, 6.07) is -0.723. The molecule has 26 heavy (non-hydrogen) atoms. The Balaban J connectivity index is 1.90. The number of carbonyl (C=O) groups is 1. The Labute approximate surface area is 169 Å². The lowest BCUT2D eigenvalue weighted by Gasteiger charge is -2.28. The number of anilines is 1. The van der Waals surface area contributed by atoms with E-state index in [0.717, 1.165) is 0 Å². The van der Waals surface area contributed by atoms with Crippen LogP contribution in [-0.2, 0) is 9.47 Å². The monoisotopic (exact) mass is 477 g/mol. The van der Waals surface area contributed by atoms with Crippen molar-refractivity contribution in [3.63, 3.8) is 0 Å². The Hall–Kier alpha value is -1.69. The molecule has 1 aliphatic heterocycles. The molecule has 2 N–H and O–H groups in total. The highest BCUT2D eigenvalue weighted by molar-refractivity contribution is 14.1. The number of likely N-dealkylation sites (tertiary alicyclic amines) is 1. The van der Waals surface area contributed by atoms with Gasteiger partial charge < -0.3 is 20.1 Å². The summed E-state index contributed by atoms with van der Waals surface area (Å²) in [4.78, 5) is 22.5. The predicted octanol–water partition coefficient (Wildman–Crippen LogP) is 2.21. The van der Waals surface area contributed by atoms with Crippen molar-refractivity contribution in [1.82, 2.24) is 24.6 Å². The van der Waals surface area contributed by atoms with Gasteiger partial charge in [0.15, 0.2) is 5.65 Å². The fourth-order valence-corrected chi connectivity index (χ4v) is 3.83. The van der Waals surface area contributed by atoms with E-state index in [0.29, 0.717) is 27.0 Å². The number of nitrogen functional groups attached to an aromatic ring is 1. The van der Waals surface area contributed by atoms with Crippen LogP contribution in [-0.4, -0.2) is 62.6 Å². The van der Waals surface area contributed by atoms with Crippen molar-refractivity contribution in [3.05, 3.63) is 10.0 Å². The molecular formula is C16H23IN6O3. The Morgan fingerprint density at radius 3 is 2.96 bits per heavy atom. The summed E-state index contributed by atoms with van der Waals surface area (Å²) in [5.74, 6) is 0.329. The molecule has 1 amide bonds. The van der Waals surface area contributed by atoms with Crippen LogP contribution in [0.2, 0.25) is 0 Å². The highest BCUT2D eigenvalue weighted by Gasteiger charge is 2.39. The van der Waals surface area contributed by atoms with E-state index >= 15 is 0 Å². The Morgan fingerprint density at radius 2 is 2.27 bits per heavy atom. The van der Waals surface area contributed by atoms with Gasteiger partial charge in [0.25, 0.3) is 0 Å². The number of nitrogens with zero attached hydrogens (tertiary/aromatic N) is 5. The van der Waals surface area contributed by atoms with Crippen molar-refractivity contribution >= 4 is 45.5 Å². The zero-order chi connectivity index (χ0) is 21.6. The summed E-state index contributed by atoms with van der Waals surface area (Å²) >= 11 is 2.06. The summed E-state index contributed by atoms with van der Waals surface area (Å²) in [6.07, 6.45) is 1.27. The van der Waals surface area contributed by atoms with Gasteiger partial charge in [-0.3, -0.25) is 0 Å². The molecule has 3 heterocycles. The third-order valence-corrected chi connectivity index (χ3v) is 4.87. The summed E-state index contributed by atoms with van der Waals surface area (Å²) in [7, 11) is -2.55. The second kappa shape index (κ2) is 7.14. The number of halogens is 1. The van der Waals surface area contributed by atoms with Crippen LogP contribution in [0, 0.1) is 3.70 Å². The van der Waals surface area contributed by atoms with Crippen LogP contribution >= 0.6 is 22.6 Å². The van der Waals surface area contributed by atoms with E-state index in [1.807, 2.05) is 0 Å². The summed E-state index contributed by atoms with van der Waals surface area (Å²) in [5.41, 5.74) is 5.84. The first kappa shape index (κ1) is 15.4. The van der Waals surface area contributed by atoms with Crippen molar-refractivity contribution in [2.45, 2.75) is 44.9 Å². The van der Waals surface area contributed by atoms with Gasteiger partial charge in [-0.2, -0.15) is 5.10 Å². The Bertz CT molecular complexity index is 914. The lowest BCUT2D eigenvalue weighted by Crippen LogP contribution is -2.41. The maximum atomic E-state index is 12.7. The van der Waals surface area contributed by atoms with Crippen LogP contribution in [0.15, 0.2) is 6.33 Å². The molecule has 0 saturated carbocycles. The molecule has 0 radical (unpaired) electrons. The minimum atomic E-state index is -2.55. The predicted molar refractivity (Wildman–Crippen MR) is 105 cm³/mol. The van der Waals surface area contributed by atoms with Crippen molar-refractivity contribution in [2.24, 2.45) is 0 Å². The van der Waals surface area contributed by atoms with Crippen LogP contribution in [0.1, 0.15) is 37.3 Å². The number of carbonyl (C=O) groups excluding carboxylic acids is 1. The third kappa shape index (κ3) is 3.70. The van der Waals surface area contributed by atoms with Crippen molar-refractivity contribution in [3.8, 4) is 0 Å². The summed E-state index contributed by atoms with van der Waals surface area (Å²) in [6.45, 7) is 5.46. The first-order valence-electron chi connectivity index (χ1n) is 9.63. The summed E-state index contributed by atoms with van der Waals surface area (Å²) < 4.78 is 34.7. The maximum Gasteiger partial charge on any atom is 0.410 e. The van der Waals surface area contributed by atoms with E-state index in [-0.39, 0.29) is 19.2 Å². The minimum absolute atomic E-state index is 0.139. The molecule has 10 heteroatoms. The molecule has 0 spiro atoms. The standard InChI is InChI=1S/C16H23IN6O3/c1-16(2,3)26-15(24)22-6-9(5-10(22)7-25-4)23-14-11(12(17)21-23)13(18)19-8-20-14/h8-10H,5-7H2,1-4H3,(H2,18,19,20)/t9-,10+/m0/s1/i4D3. The first-order chi connectivity index (χ1) is 13.4. The zero-order valence-electron chi connectivity index (χ0n) is 17.8. The average molecular weight is 477 g/mol. The van der Waals surface area contributed by atoms with E-state index in [9.17, 15) is 4.79 Å². The van der Waals surface area contributed by atoms with Crippen LogP contribution in [0.5, 0.6) is 0 Å². The fraction of sp³-hybridized carbons (Fsp3) is 0.625. The molecule has 1 saturated heterocycles. The molecule has 2 aromatic rings. The van der Waals surface area contributed by atoms with Gasteiger partial charge in [-0.15, -0.1) is 0 Å².